The summed E-state index contributed by atoms with van der Waals surface area (Å²) in [5, 5.41) is 3.61. The lowest BCUT2D eigenvalue weighted by Crippen LogP contribution is -2.47. The first-order valence-corrected chi connectivity index (χ1v) is 8.84. The molecule has 0 amide bonds. The van der Waals surface area contributed by atoms with Crippen LogP contribution < -0.4 is 5.32 Å². The first-order chi connectivity index (χ1) is 8.29. The maximum absolute atomic E-state index is 11.8. The van der Waals surface area contributed by atoms with Crippen LogP contribution in [0, 0.1) is 5.92 Å². The summed E-state index contributed by atoms with van der Waals surface area (Å²) in [5.41, 5.74) is 0. The van der Waals surface area contributed by atoms with Gasteiger partial charge in [0.05, 0.1) is 4.75 Å². The van der Waals surface area contributed by atoms with Gasteiger partial charge in [-0.1, -0.05) is 0 Å². The summed E-state index contributed by atoms with van der Waals surface area (Å²) in [7, 11) is -3.00. The van der Waals surface area contributed by atoms with Crippen LogP contribution in [-0.2, 0) is 9.84 Å². The zero-order chi connectivity index (χ0) is 13.4. The van der Waals surface area contributed by atoms with Crippen molar-refractivity contribution in [2.75, 3.05) is 32.4 Å². The van der Waals surface area contributed by atoms with E-state index < -0.39 is 14.6 Å². The van der Waals surface area contributed by atoms with E-state index in [0.29, 0.717) is 12.6 Å². The molecule has 106 valence electrons. The summed E-state index contributed by atoms with van der Waals surface area (Å²) in [5.74, 6) is 0.826. The first kappa shape index (κ1) is 14.3. The van der Waals surface area contributed by atoms with Crippen LogP contribution in [0.3, 0.4) is 0 Å². The lowest BCUT2D eigenvalue weighted by molar-refractivity contribution is 0.239. The van der Waals surface area contributed by atoms with Crippen LogP contribution in [0.5, 0.6) is 0 Å². The average Bonchev–Trinajstić information content (AvgIpc) is 3.00. The highest BCUT2D eigenvalue weighted by Crippen LogP contribution is 2.33. The molecule has 18 heavy (non-hydrogen) atoms. The van der Waals surface area contributed by atoms with E-state index in [4.69, 9.17) is 0 Å². The van der Waals surface area contributed by atoms with Gasteiger partial charge in [0.25, 0.3) is 0 Å². The molecule has 0 aromatic carbocycles. The summed E-state index contributed by atoms with van der Waals surface area (Å²) in [6, 6.07) is 0.572. The number of hydrogen-bond acceptors (Lipinski definition) is 4. The van der Waals surface area contributed by atoms with Gasteiger partial charge in [0, 0.05) is 25.4 Å². The maximum Gasteiger partial charge on any atom is 0.153 e. The molecule has 2 aliphatic rings. The Morgan fingerprint density at radius 2 is 2.00 bits per heavy atom. The molecular formula is C13H26N2O2S. The normalized spacial score (nSPS) is 28.1. The van der Waals surface area contributed by atoms with Crippen LogP contribution in [0.1, 0.15) is 33.1 Å². The smallest absolute Gasteiger partial charge is 0.153 e. The van der Waals surface area contributed by atoms with E-state index >= 15 is 0 Å². The highest BCUT2D eigenvalue weighted by molar-refractivity contribution is 7.92. The van der Waals surface area contributed by atoms with Crippen molar-refractivity contribution in [1.29, 1.82) is 0 Å². The molecular weight excluding hydrogens is 248 g/mol. The van der Waals surface area contributed by atoms with Gasteiger partial charge in [-0.2, -0.15) is 0 Å². The van der Waals surface area contributed by atoms with Crippen LogP contribution >= 0.6 is 0 Å². The third-order valence-electron chi connectivity index (χ3n) is 4.31. The van der Waals surface area contributed by atoms with Crippen molar-refractivity contribution >= 4 is 9.84 Å². The Morgan fingerprint density at radius 3 is 2.56 bits per heavy atom. The van der Waals surface area contributed by atoms with Gasteiger partial charge in [0.2, 0.25) is 0 Å². The molecule has 0 spiro atoms. The fraction of sp³-hybridized carbons (Fsp3) is 1.00. The minimum absolute atomic E-state index is 0.572. The number of sulfone groups is 1. The van der Waals surface area contributed by atoms with Crippen molar-refractivity contribution in [3.63, 3.8) is 0 Å². The Kier molecular flexibility index (Phi) is 4.04. The maximum atomic E-state index is 11.8. The Balaban J connectivity index is 1.98. The van der Waals surface area contributed by atoms with Crippen LogP contribution in [0.4, 0.5) is 0 Å². The van der Waals surface area contributed by atoms with E-state index in [9.17, 15) is 8.42 Å². The van der Waals surface area contributed by atoms with E-state index in [1.807, 2.05) is 13.8 Å². The molecule has 1 saturated carbocycles. The molecule has 5 heteroatoms. The third kappa shape index (κ3) is 3.45. The van der Waals surface area contributed by atoms with Crippen molar-refractivity contribution < 1.29 is 8.42 Å². The van der Waals surface area contributed by atoms with Crippen LogP contribution in [-0.4, -0.2) is 56.5 Å². The van der Waals surface area contributed by atoms with Crippen molar-refractivity contribution in [1.82, 2.24) is 10.2 Å². The fourth-order valence-electron chi connectivity index (χ4n) is 2.64. The Hall–Kier alpha value is -0.130. The van der Waals surface area contributed by atoms with Gasteiger partial charge in [-0.25, -0.2) is 8.42 Å². The number of nitrogens with one attached hydrogen (secondary N) is 1. The second kappa shape index (κ2) is 5.10. The lowest BCUT2D eigenvalue weighted by atomic mass is 10.1. The van der Waals surface area contributed by atoms with Crippen molar-refractivity contribution in [2.45, 2.75) is 43.9 Å². The number of nitrogens with zero attached hydrogens (tertiary/aromatic N) is 1. The van der Waals surface area contributed by atoms with Crippen molar-refractivity contribution in [3.05, 3.63) is 0 Å². The highest BCUT2D eigenvalue weighted by Gasteiger charge is 2.37. The monoisotopic (exact) mass is 274 g/mol. The zero-order valence-corrected chi connectivity index (χ0v) is 12.6. The molecule has 0 radical (unpaired) electrons. The number of rotatable bonds is 4. The molecule has 0 bridgehead atoms. The molecule has 1 atom stereocenters. The molecule has 0 aromatic heterocycles. The molecule has 1 heterocycles. The average molecular weight is 274 g/mol. The molecule has 4 nitrogen and oxygen atoms in total. The van der Waals surface area contributed by atoms with Crippen LogP contribution in [0.2, 0.25) is 0 Å². The van der Waals surface area contributed by atoms with Crippen LogP contribution in [0.25, 0.3) is 0 Å². The summed E-state index contributed by atoms with van der Waals surface area (Å²) in [6.45, 7) is 7.41. The van der Waals surface area contributed by atoms with Gasteiger partial charge in [-0.15, -0.1) is 0 Å². The summed E-state index contributed by atoms with van der Waals surface area (Å²) >= 11 is 0. The third-order valence-corrected chi connectivity index (χ3v) is 6.45. The minimum atomic E-state index is -3.00. The SMILES string of the molecule is CC(C)(CN1CCCNC(C2CC2)C1)S(C)(=O)=O. The Morgan fingerprint density at radius 1 is 1.33 bits per heavy atom. The molecule has 0 aromatic rings. The largest absolute Gasteiger partial charge is 0.312 e. The first-order valence-electron chi connectivity index (χ1n) is 6.95. The van der Waals surface area contributed by atoms with E-state index in [-0.39, 0.29) is 0 Å². The van der Waals surface area contributed by atoms with E-state index in [0.717, 1.165) is 32.0 Å². The van der Waals surface area contributed by atoms with Gasteiger partial charge in [0.1, 0.15) is 0 Å². The molecule has 1 aliphatic carbocycles. The van der Waals surface area contributed by atoms with Crippen molar-refractivity contribution in [3.8, 4) is 0 Å². The van der Waals surface area contributed by atoms with Gasteiger partial charge in [0.15, 0.2) is 9.84 Å². The van der Waals surface area contributed by atoms with Gasteiger partial charge in [-0.3, -0.25) is 0 Å². The summed E-state index contributed by atoms with van der Waals surface area (Å²) in [4.78, 5) is 2.34. The van der Waals surface area contributed by atoms with Crippen LogP contribution in [0.15, 0.2) is 0 Å². The quantitative estimate of drug-likeness (QED) is 0.827. The molecule has 1 N–H and O–H groups in total. The minimum Gasteiger partial charge on any atom is -0.312 e. The summed E-state index contributed by atoms with van der Waals surface area (Å²) < 4.78 is 22.9. The van der Waals surface area contributed by atoms with Crippen molar-refractivity contribution in [2.24, 2.45) is 5.92 Å². The van der Waals surface area contributed by atoms with E-state index in [1.54, 1.807) is 0 Å². The Bertz CT molecular complexity index is 388. The number of hydrogen-bond donors (Lipinski definition) is 1. The fourth-order valence-corrected chi connectivity index (χ4v) is 3.05. The van der Waals surface area contributed by atoms with E-state index in [1.165, 1.54) is 19.1 Å². The standard InChI is InChI=1S/C13H26N2O2S/c1-13(2,18(3,16)17)10-15-8-4-7-14-12(9-15)11-5-6-11/h11-12,14H,4-10H2,1-3H3. The molecule has 1 saturated heterocycles. The lowest BCUT2D eigenvalue weighted by Gasteiger charge is -2.32. The second-order valence-corrected chi connectivity index (χ2v) is 9.17. The highest BCUT2D eigenvalue weighted by atomic mass is 32.2. The molecule has 2 fully saturated rings. The summed E-state index contributed by atoms with van der Waals surface area (Å²) in [6.07, 6.45) is 5.13. The molecule has 1 unspecified atom stereocenters. The Labute approximate surface area is 111 Å². The van der Waals surface area contributed by atoms with Gasteiger partial charge >= 0.3 is 0 Å². The topological polar surface area (TPSA) is 49.4 Å². The molecule has 1 aliphatic heterocycles. The zero-order valence-electron chi connectivity index (χ0n) is 11.8. The second-order valence-electron chi connectivity index (χ2n) is 6.52. The molecule has 2 rings (SSSR count). The predicted octanol–water partition coefficient (Wildman–Crippen LogP) is 0.884. The predicted molar refractivity (Wildman–Crippen MR) is 74.5 cm³/mol. The van der Waals surface area contributed by atoms with E-state index in [2.05, 4.69) is 10.2 Å². The van der Waals surface area contributed by atoms with Gasteiger partial charge < -0.3 is 10.2 Å². The van der Waals surface area contributed by atoms with Gasteiger partial charge in [-0.05, 0) is 52.1 Å².